The third kappa shape index (κ3) is 4.15. The van der Waals surface area contributed by atoms with Gasteiger partial charge in [-0.3, -0.25) is 0 Å². The van der Waals surface area contributed by atoms with Crippen molar-refractivity contribution in [3.63, 3.8) is 0 Å². The monoisotopic (exact) mass is 342 g/mol. The second-order valence-electron chi connectivity index (χ2n) is 7.24. The van der Waals surface area contributed by atoms with Crippen molar-refractivity contribution < 1.29 is 4.74 Å². The summed E-state index contributed by atoms with van der Waals surface area (Å²) in [6.45, 7) is 6.68. The topological polar surface area (TPSA) is 42.3 Å². The summed E-state index contributed by atoms with van der Waals surface area (Å²) in [6.07, 6.45) is 6.22. The van der Waals surface area contributed by atoms with E-state index in [0.29, 0.717) is 18.0 Å². The van der Waals surface area contributed by atoms with E-state index in [2.05, 4.69) is 52.8 Å². The minimum Gasteiger partial charge on any atom is -0.497 e. The first-order valence-electron chi connectivity index (χ1n) is 9.20. The van der Waals surface area contributed by atoms with E-state index in [1.165, 1.54) is 5.69 Å². The predicted octanol–water partition coefficient (Wildman–Crippen LogP) is 3.38. The normalized spacial score (nSPS) is 17.1. The number of anilines is 1. The summed E-state index contributed by atoms with van der Waals surface area (Å²) >= 11 is 0. The second kappa shape index (κ2) is 7.91. The fourth-order valence-corrected chi connectivity index (χ4v) is 3.59. The molecule has 1 aromatic carbocycles. The van der Waals surface area contributed by atoms with Gasteiger partial charge in [0.15, 0.2) is 0 Å². The van der Waals surface area contributed by atoms with Gasteiger partial charge in [0.2, 0.25) is 0 Å². The molecule has 1 aliphatic rings. The molecule has 5 heteroatoms. The zero-order valence-corrected chi connectivity index (χ0v) is 15.8. The van der Waals surface area contributed by atoms with Crippen LogP contribution in [0.25, 0.3) is 0 Å². The van der Waals surface area contributed by atoms with Crippen LogP contribution in [-0.2, 0) is 7.05 Å². The number of benzene rings is 1. The molecule has 1 fully saturated rings. The standard InChI is InChI=1S/C20H30N4O/c1-15(2)19(20-21-11-14-23(20)3)22-16-9-12-24(13-10-16)17-5-7-18(25-4)8-6-17/h5-8,11,14-16,19,22H,9-10,12-13H2,1-4H3. The van der Waals surface area contributed by atoms with Crippen molar-refractivity contribution in [2.24, 2.45) is 13.0 Å². The molecule has 0 saturated carbocycles. The lowest BCUT2D eigenvalue weighted by atomic mass is 9.98. The Morgan fingerprint density at radius 2 is 1.84 bits per heavy atom. The number of hydrogen-bond acceptors (Lipinski definition) is 4. The van der Waals surface area contributed by atoms with Crippen LogP contribution < -0.4 is 15.0 Å². The van der Waals surface area contributed by atoms with E-state index in [1.807, 2.05) is 24.5 Å². The van der Waals surface area contributed by atoms with E-state index < -0.39 is 0 Å². The Balaban J connectivity index is 1.58. The van der Waals surface area contributed by atoms with E-state index in [0.717, 1.165) is 37.5 Å². The van der Waals surface area contributed by atoms with Crippen LogP contribution in [-0.4, -0.2) is 35.8 Å². The lowest BCUT2D eigenvalue weighted by molar-refractivity contribution is 0.307. The highest BCUT2D eigenvalue weighted by Crippen LogP contribution is 2.26. The molecule has 2 heterocycles. The number of imidazole rings is 1. The molecule has 0 radical (unpaired) electrons. The molecule has 1 unspecified atom stereocenters. The lowest BCUT2D eigenvalue weighted by Gasteiger charge is -2.36. The summed E-state index contributed by atoms with van der Waals surface area (Å²) in [5.41, 5.74) is 1.28. The molecule has 1 atom stereocenters. The molecule has 1 aromatic heterocycles. The number of aryl methyl sites for hydroxylation is 1. The first-order chi connectivity index (χ1) is 12.1. The minimum absolute atomic E-state index is 0.303. The van der Waals surface area contributed by atoms with Gasteiger partial charge in [-0.1, -0.05) is 13.8 Å². The van der Waals surface area contributed by atoms with Crippen molar-refractivity contribution in [2.75, 3.05) is 25.1 Å². The van der Waals surface area contributed by atoms with Gasteiger partial charge in [0.1, 0.15) is 11.6 Å². The highest BCUT2D eigenvalue weighted by molar-refractivity contribution is 5.49. The molecule has 1 saturated heterocycles. The van der Waals surface area contributed by atoms with Gasteiger partial charge in [-0.05, 0) is 43.0 Å². The Morgan fingerprint density at radius 3 is 2.36 bits per heavy atom. The number of piperidine rings is 1. The highest BCUT2D eigenvalue weighted by atomic mass is 16.5. The molecule has 2 aromatic rings. The first kappa shape index (κ1) is 17.8. The Bertz CT molecular complexity index is 657. The maximum absolute atomic E-state index is 5.25. The molecule has 3 rings (SSSR count). The second-order valence-corrected chi connectivity index (χ2v) is 7.24. The van der Waals surface area contributed by atoms with Crippen molar-refractivity contribution >= 4 is 5.69 Å². The molecule has 0 spiro atoms. The molecule has 1 N–H and O–H groups in total. The molecule has 0 aliphatic carbocycles. The van der Waals surface area contributed by atoms with Crippen LogP contribution in [0.2, 0.25) is 0 Å². The number of aromatic nitrogens is 2. The van der Waals surface area contributed by atoms with Gasteiger partial charge in [-0.25, -0.2) is 4.98 Å². The Hall–Kier alpha value is -2.01. The van der Waals surface area contributed by atoms with Gasteiger partial charge >= 0.3 is 0 Å². The third-order valence-corrected chi connectivity index (χ3v) is 5.15. The van der Waals surface area contributed by atoms with Gasteiger partial charge in [-0.2, -0.15) is 0 Å². The van der Waals surface area contributed by atoms with Crippen molar-refractivity contribution in [3.05, 3.63) is 42.5 Å². The van der Waals surface area contributed by atoms with Gasteiger partial charge in [0.25, 0.3) is 0 Å². The van der Waals surface area contributed by atoms with E-state index in [1.54, 1.807) is 7.11 Å². The quantitative estimate of drug-likeness (QED) is 0.874. The van der Waals surface area contributed by atoms with Crippen molar-refractivity contribution in [2.45, 2.75) is 38.8 Å². The van der Waals surface area contributed by atoms with E-state index in [-0.39, 0.29) is 0 Å². The average molecular weight is 342 g/mol. The average Bonchev–Trinajstić information content (AvgIpc) is 3.05. The summed E-state index contributed by atoms with van der Waals surface area (Å²) in [5.74, 6) is 2.56. The molecule has 1 aliphatic heterocycles. The predicted molar refractivity (Wildman–Crippen MR) is 102 cm³/mol. The van der Waals surface area contributed by atoms with Crippen LogP contribution in [0.1, 0.15) is 38.6 Å². The van der Waals surface area contributed by atoms with Gasteiger partial charge in [0, 0.05) is 44.3 Å². The molecule has 136 valence electrons. The number of rotatable bonds is 6. The van der Waals surface area contributed by atoms with Gasteiger partial charge in [-0.15, -0.1) is 0 Å². The molecular weight excluding hydrogens is 312 g/mol. The zero-order chi connectivity index (χ0) is 17.8. The smallest absolute Gasteiger partial charge is 0.125 e. The molecule has 25 heavy (non-hydrogen) atoms. The largest absolute Gasteiger partial charge is 0.497 e. The van der Waals surface area contributed by atoms with Gasteiger partial charge in [0.05, 0.1) is 13.2 Å². The maximum Gasteiger partial charge on any atom is 0.125 e. The molecular formula is C20H30N4O. The van der Waals surface area contributed by atoms with Crippen LogP contribution in [0.4, 0.5) is 5.69 Å². The van der Waals surface area contributed by atoms with E-state index in [9.17, 15) is 0 Å². The number of methoxy groups -OCH3 is 1. The van der Waals surface area contributed by atoms with Crippen molar-refractivity contribution in [1.29, 1.82) is 0 Å². The van der Waals surface area contributed by atoms with E-state index >= 15 is 0 Å². The molecule has 0 bridgehead atoms. The SMILES string of the molecule is COc1ccc(N2CCC(NC(c3nccn3C)C(C)C)CC2)cc1. The van der Waals surface area contributed by atoms with E-state index in [4.69, 9.17) is 4.74 Å². The molecule has 0 amide bonds. The number of nitrogens with one attached hydrogen (secondary N) is 1. The van der Waals surface area contributed by atoms with Gasteiger partial charge < -0.3 is 19.5 Å². The summed E-state index contributed by atoms with van der Waals surface area (Å²) in [4.78, 5) is 7.02. The van der Waals surface area contributed by atoms with Crippen LogP contribution in [0.3, 0.4) is 0 Å². The zero-order valence-electron chi connectivity index (χ0n) is 15.8. The number of nitrogens with zero attached hydrogens (tertiary/aromatic N) is 3. The summed E-state index contributed by atoms with van der Waals surface area (Å²) in [5, 5.41) is 3.86. The summed E-state index contributed by atoms with van der Waals surface area (Å²) in [6, 6.07) is 9.22. The Kier molecular flexibility index (Phi) is 5.63. The lowest BCUT2D eigenvalue weighted by Crippen LogP contribution is -2.45. The minimum atomic E-state index is 0.303. The Morgan fingerprint density at radius 1 is 1.16 bits per heavy atom. The van der Waals surface area contributed by atoms with Crippen LogP contribution in [0.5, 0.6) is 5.75 Å². The first-order valence-corrected chi connectivity index (χ1v) is 9.20. The van der Waals surface area contributed by atoms with Crippen LogP contribution >= 0.6 is 0 Å². The Labute approximate surface area is 151 Å². The van der Waals surface area contributed by atoms with Crippen molar-refractivity contribution in [1.82, 2.24) is 14.9 Å². The number of hydrogen-bond donors (Lipinski definition) is 1. The van der Waals surface area contributed by atoms with Crippen molar-refractivity contribution in [3.8, 4) is 5.75 Å². The highest BCUT2D eigenvalue weighted by Gasteiger charge is 2.26. The summed E-state index contributed by atoms with van der Waals surface area (Å²) < 4.78 is 7.38. The number of ether oxygens (including phenoxy) is 1. The van der Waals surface area contributed by atoms with Crippen LogP contribution in [0, 0.1) is 5.92 Å². The fraction of sp³-hybridized carbons (Fsp3) is 0.550. The maximum atomic E-state index is 5.25. The third-order valence-electron chi connectivity index (χ3n) is 5.15. The molecule has 5 nitrogen and oxygen atoms in total. The fourth-order valence-electron chi connectivity index (χ4n) is 3.59. The van der Waals surface area contributed by atoms with Crippen LogP contribution in [0.15, 0.2) is 36.7 Å². The summed E-state index contributed by atoms with van der Waals surface area (Å²) in [7, 11) is 3.78.